The van der Waals surface area contributed by atoms with E-state index in [0.29, 0.717) is 66.8 Å². The number of aliphatic hydroxyl groups excluding tert-OH is 1. The van der Waals surface area contributed by atoms with Gasteiger partial charge in [-0.1, -0.05) is 18.1 Å². The average molecular weight is 707 g/mol. The Bertz CT molecular complexity index is 1620. The maximum absolute atomic E-state index is 13.4. The lowest BCUT2D eigenvalue weighted by Crippen LogP contribution is -2.48. The standard InChI is InChI=1S/C35H44N4O8.C2H4.CH2O/c1-6-36-33(41)27-13-22(3)20-39(27)35(43)25-15-30(45-5)32(17-28(25)40)47-11-9-7-8-10-46-31-16-26-24(14-29(31)44-4)34(42)38-19-21(2)12-23(38)18-37-26;2*1-2/h14-20,23,27,33,36,40-41H,6-13H2,1-5H3;1-2H2;1H2. The van der Waals surface area contributed by atoms with Crippen LogP contribution in [0.1, 0.15) is 73.6 Å². The summed E-state index contributed by atoms with van der Waals surface area (Å²) in [5, 5.41) is 24.2. The van der Waals surface area contributed by atoms with E-state index >= 15 is 0 Å². The molecule has 0 bridgehead atoms. The number of hydrogen-bond acceptors (Lipinski definition) is 11. The molecular weight excluding hydrogens is 656 g/mol. The van der Waals surface area contributed by atoms with Crippen LogP contribution in [0.15, 0.2) is 66.0 Å². The number of likely N-dealkylation sites (N-methyl/N-ethyl adjacent to an activating group) is 1. The molecule has 13 heteroatoms. The van der Waals surface area contributed by atoms with E-state index in [2.05, 4.69) is 23.5 Å². The van der Waals surface area contributed by atoms with Crippen LogP contribution in [0.25, 0.3) is 0 Å². The zero-order chi connectivity index (χ0) is 37.7. The summed E-state index contributed by atoms with van der Waals surface area (Å²) in [7, 11) is 3.02. The molecule has 3 aliphatic heterocycles. The molecule has 3 N–H and O–H groups in total. The quantitative estimate of drug-likeness (QED) is 0.129. The molecule has 0 spiro atoms. The second kappa shape index (κ2) is 19.3. The van der Waals surface area contributed by atoms with Gasteiger partial charge in [-0.3, -0.25) is 19.9 Å². The molecule has 51 heavy (non-hydrogen) atoms. The molecule has 2 aromatic carbocycles. The molecule has 3 unspecified atom stereocenters. The molecule has 0 aromatic heterocycles. The summed E-state index contributed by atoms with van der Waals surface area (Å²) in [4.78, 5) is 42.3. The minimum Gasteiger partial charge on any atom is -0.507 e. The number of fused-ring (bicyclic) bond motifs is 2. The van der Waals surface area contributed by atoms with E-state index < -0.39 is 18.2 Å². The van der Waals surface area contributed by atoms with Gasteiger partial charge < -0.3 is 43.8 Å². The number of aliphatic imine (C=N–C) groups is 1. The van der Waals surface area contributed by atoms with E-state index in [4.69, 9.17) is 23.7 Å². The number of hydrogen-bond donors (Lipinski definition) is 3. The number of unbranched alkanes of at least 4 members (excludes halogenated alkanes) is 2. The van der Waals surface area contributed by atoms with Crippen LogP contribution in [0.3, 0.4) is 0 Å². The number of benzene rings is 2. The number of aliphatic hydroxyl groups is 1. The van der Waals surface area contributed by atoms with E-state index in [1.165, 1.54) is 24.1 Å². The fourth-order valence-electron chi connectivity index (χ4n) is 6.06. The van der Waals surface area contributed by atoms with E-state index in [1.54, 1.807) is 30.3 Å². The molecule has 3 aliphatic rings. The molecule has 276 valence electrons. The van der Waals surface area contributed by atoms with Gasteiger partial charge in [0.05, 0.1) is 56.3 Å². The molecule has 2 aromatic rings. The van der Waals surface area contributed by atoms with Crippen molar-refractivity contribution in [2.24, 2.45) is 4.99 Å². The van der Waals surface area contributed by atoms with Crippen LogP contribution in [0.4, 0.5) is 5.69 Å². The lowest BCUT2D eigenvalue weighted by molar-refractivity contribution is -0.0980. The highest BCUT2D eigenvalue weighted by Gasteiger charge is 2.35. The van der Waals surface area contributed by atoms with Gasteiger partial charge >= 0.3 is 0 Å². The van der Waals surface area contributed by atoms with E-state index in [0.717, 1.165) is 30.4 Å². The van der Waals surface area contributed by atoms with Crippen molar-refractivity contribution in [3.63, 3.8) is 0 Å². The SMILES string of the molecule is C=C.C=O.CCNC(O)C1CC(C)=CN1C(=O)c1cc(OC)c(OCCCCCOc2cc3c(cc2OC)C(=O)N2C=C(C)CC2C=N3)cc1O. The lowest BCUT2D eigenvalue weighted by Gasteiger charge is -2.28. The van der Waals surface area contributed by atoms with Crippen molar-refractivity contribution in [1.82, 2.24) is 15.1 Å². The topological polar surface area (TPSA) is 159 Å². The van der Waals surface area contributed by atoms with Gasteiger partial charge in [-0.25, -0.2) is 0 Å². The van der Waals surface area contributed by atoms with Gasteiger partial charge in [0.25, 0.3) is 11.8 Å². The molecule has 0 radical (unpaired) electrons. The van der Waals surface area contributed by atoms with Crippen molar-refractivity contribution in [3.05, 3.63) is 72.1 Å². The number of phenols is 1. The third-order valence-electron chi connectivity index (χ3n) is 8.46. The molecule has 0 aliphatic carbocycles. The number of carbonyl (C=O) groups is 3. The highest BCUT2D eigenvalue weighted by molar-refractivity contribution is 6.04. The third-order valence-corrected chi connectivity index (χ3v) is 8.46. The minimum absolute atomic E-state index is 0.0570. The van der Waals surface area contributed by atoms with Crippen molar-refractivity contribution in [1.29, 1.82) is 0 Å². The number of carbonyl (C=O) groups excluding carboxylic acids is 3. The maximum Gasteiger partial charge on any atom is 0.262 e. The second-order valence-electron chi connectivity index (χ2n) is 12.0. The zero-order valence-corrected chi connectivity index (χ0v) is 30.1. The Morgan fingerprint density at radius 3 is 2.18 bits per heavy atom. The van der Waals surface area contributed by atoms with Crippen LogP contribution in [0.5, 0.6) is 28.7 Å². The molecule has 2 amide bonds. The smallest absolute Gasteiger partial charge is 0.262 e. The van der Waals surface area contributed by atoms with Crippen molar-refractivity contribution < 1.29 is 43.5 Å². The zero-order valence-electron chi connectivity index (χ0n) is 30.1. The molecule has 13 nitrogen and oxygen atoms in total. The average Bonchev–Trinajstić information content (AvgIpc) is 3.70. The number of methoxy groups -OCH3 is 2. The summed E-state index contributed by atoms with van der Waals surface area (Å²) >= 11 is 0. The molecule has 0 fully saturated rings. The Balaban J connectivity index is 0.00000169. The normalized spacial score (nSPS) is 17.7. The number of ether oxygens (including phenoxy) is 4. The molecule has 0 saturated carbocycles. The van der Waals surface area contributed by atoms with Crippen molar-refractivity contribution >= 4 is 30.5 Å². The van der Waals surface area contributed by atoms with Gasteiger partial charge in [-0.15, -0.1) is 13.2 Å². The van der Waals surface area contributed by atoms with E-state index in [1.807, 2.05) is 40.0 Å². The first-order valence-corrected chi connectivity index (χ1v) is 16.8. The van der Waals surface area contributed by atoms with Crippen molar-refractivity contribution in [3.8, 4) is 28.7 Å². The minimum atomic E-state index is -0.903. The molecule has 3 atom stereocenters. The molecule has 3 heterocycles. The van der Waals surface area contributed by atoms with Gasteiger partial charge in [-0.2, -0.15) is 0 Å². The summed E-state index contributed by atoms with van der Waals surface area (Å²) in [5.74, 6) is 0.862. The molecule has 0 saturated heterocycles. The van der Waals surface area contributed by atoms with E-state index in [-0.39, 0.29) is 23.3 Å². The number of nitrogens with zero attached hydrogens (tertiary/aromatic N) is 3. The first-order chi connectivity index (χ1) is 24.6. The van der Waals surface area contributed by atoms with Crippen LogP contribution in [0, 0.1) is 0 Å². The first kappa shape index (κ1) is 40.3. The van der Waals surface area contributed by atoms with Crippen molar-refractivity contribution in [2.45, 2.75) is 71.2 Å². The van der Waals surface area contributed by atoms with Gasteiger partial charge in [0.15, 0.2) is 23.0 Å². The van der Waals surface area contributed by atoms with Crippen molar-refractivity contribution in [2.75, 3.05) is 34.0 Å². The largest absolute Gasteiger partial charge is 0.507 e. The van der Waals surface area contributed by atoms with Crippen LogP contribution in [-0.2, 0) is 4.79 Å². The number of aromatic hydroxyl groups is 1. The monoisotopic (exact) mass is 706 g/mol. The fourth-order valence-corrected chi connectivity index (χ4v) is 6.06. The maximum atomic E-state index is 13.4. The lowest BCUT2D eigenvalue weighted by atomic mass is 10.1. The van der Waals surface area contributed by atoms with Gasteiger partial charge in [0.1, 0.15) is 18.8 Å². The summed E-state index contributed by atoms with van der Waals surface area (Å²) in [6.07, 6.45) is 8.03. The van der Waals surface area contributed by atoms with E-state index in [9.17, 15) is 19.8 Å². The Kier molecular flexibility index (Phi) is 15.3. The highest BCUT2D eigenvalue weighted by Crippen LogP contribution is 2.39. The number of rotatable bonds is 14. The van der Waals surface area contributed by atoms with Crippen LogP contribution in [-0.4, -0.2) is 97.1 Å². The number of phenolic OH excluding ortho intramolecular Hbond substituents is 1. The summed E-state index contributed by atoms with van der Waals surface area (Å²) in [6.45, 7) is 15.1. The second-order valence-corrected chi connectivity index (χ2v) is 12.0. The third kappa shape index (κ3) is 9.56. The Hall–Kier alpha value is -5.14. The Morgan fingerprint density at radius 2 is 1.55 bits per heavy atom. The van der Waals surface area contributed by atoms with Crippen LogP contribution in [0.2, 0.25) is 0 Å². The number of amides is 2. The van der Waals surface area contributed by atoms with Crippen LogP contribution >= 0.6 is 0 Å². The predicted molar refractivity (Wildman–Crippen MR) is 195 cm³/mol. The summed E-state index contributed by atoms with van der Waals surface area (Å²) < 4.78 is 23.0. The summed E-state index contributed by atoms with van der Waals surface area (Å²) in [5.41, 5.74) is 3.18. The Morgan fingerprint density at radius 1 is 0.941 bits per heavy atom. The fraction of sp³-hybridized carbons (Fsp3) is 0.421. The number of nitrogens with one attached hydrogen (secondary N) is 1. The molecular formula is C38H50N4O9. The Labute approximate surface area is 299 Å². The predicted octanol–water partition coefficient (Wildman–Crippen LogP) is 5.54. The first-order valence-electron chi connectivity index (χ1n) is 16.8. The van der Waals surface area contributed by atoms with Crippen LogP contribution < -0.4 is 24.3 Å². The van der Waals surface area contributed by atoms with Gasteiger partial charge in [0.2, 0.25) is 0 Å². The highest BCUT2D eigenvalue weighted by atomic mass is 16.5. The summed E-state index contributed by atoms with van der Waals surface area (Å²) in [6, 6.07) is 5.73. The molecule has 5 rings (SSSR count). The van der Waals surface area contributed by atoms with Gasteiger partial charge in [0, 0.05) is 36.8 Å². The van der Waals surface area contributed by atoms with Gasteiger partial charge in [-0.05, 0) is 58.6 Å².